The average molecular weight is 443 g/mol. The van der Waals surface area contributed by atoms with Gasteiger partial charge in [0.15, 0.2) is 10.9 Å². The minimum Gasteiger partial charge on any atom is -0.508 e. The lowest BCUT2D eigenvalue weighted by molar-refractivity contribution is -0.130. The van der Waals surface area contributed by atoms with Gasteiger partial charge in [0, 0.05) is 30.9 Å². The smallest absolute Gasteiger partial charge is 0.267 e. The molecule has 0 bridgehead atoms. The molecule has 0 unspecified atom stereocenters. The SMILES string of the molecule is CCN(C)C(=O)Cn1cc(C)c(Nc2ncc(C(=O)Nc3c(C)ccc(O)c3C)s2)n1. The maximum atomic E-state index is 12.7. The minimum absolute atomic E-state index is 0.0257. The number of likely N-dealkylation sites (N-methyl/N-ethyl adjacent to an activating group) is 1. The van der Waals surface area contributed by atoms with Crippen LogP contribution in [-0.4, -0.2) is 50.2 Å². The summed E-state index contributed by atoms with van der Waals surface area (Å²) in [4.78, 5) is 31.1. The first-order chi connectivity index (χ1) is 14.7. The fourth-order valence-electron chi connectivity index (χ4n) is 2.90. The van der Waals surface area contributed by atoms with Crippen molar-refractivity contribution in [1.82, 2.24) is 19.7 Å². The van der Waals surface area contributed by atoms with Gasteiger partial charge in [0.25, 0.3) is 5.91 Å². The van der Waals surface area contributed by atoms with Crippen LogP contribution < -0.4 is 10.6 Å². The summed E-state index contributed by atoms with van der Waals surface area (Å²) in [6.45, 7) is 8.20. The molecule has 0 atom stereocenters. The molecule has 1 aromatic carbocycles. The van der Waals surface area contributed by atoms with Gasteiger partial charge in [0.05, 0.1) is 11.9 Å². The van der Waals surface area contributed by atoms with E-state index in [0.29, 0.717) is 33.6 Å². The highest BCUT2D eigenvalue weighted by atomic mass is 32.1. The Balaban J connectivity index is 1.70. The zero-order valence-corrected chi connectivity index (χ0v) is 19.0. The third-order valence-electron chi connectivity index (χ3n) is 4.98. The molecule has 9 nitrogen and oxygen atoms in total. The van der Waals surface area contributed by atoms with Crippen LogP contribution in [0.25, 0.3) is 0 Å². The zero-order chi connectivity index (χ0) is 22.7. The summed E-state index contributed by atoms with van der Waals surface area (Å²) >= 11 is 1.19. The summed E-state index contributed by atoms with van der Waals surface area (Å²) in [5.74, 6) is 0.371. The van der Waals surface area contributed by atoms with E-state index in [0.717, 1.165) is 11.1 Å². The average Bonchev–Trinajstić information content (AvgIpc) is 3.34. The van der Waals surface area contributed by atoms with Gasteiger partial charge in [-0.2, -0.15) is 5.10 Å². The summed E-state index contributed by atoms with van der Waals surface area (Å²) in [7, 11) is 1.75. The Hall–Kier alpha value is -3.40. The summed E-state index contributed by atoms with van der Waals surface area (Å²) in [6, 6.07) is 3.35. The van der Waals surface area contributed by atoms with Crippen LogP contribution in [0.1, 0.15) is 33.3 Å². The molecule has 164 valence electrons. The molecule has 31 heavy (non-hydrogen) atoms. The van der Waals surface area contributed by atoms with Crippen LogP contribution in [0.5, 0.6) is 5.75 Å². The highest BCUT2D eigenvalue weighted by Crippen LogP contribution is 2.29. The largest absolute Gasteiger partial charge is 0.508 e. The molecule has 0 radical (unpaired) electrons. The Kier molecular flexibility index (Phi) is 6.59. The second-order valence-electron chi connectivity index (χ2n) is 7.28. The van der Waals surface area contributed by atoms with Crippen molar-refractivity contribution in [3.8, 4) is 5.75 Å². The third-order valence-corrected chi connectivity index (χ3v) is 5.89. The van der Waals surface area contributed by atoms with Crippen LogP contribution in [0.4, 0.5) is 16.6 Å². The molecule has 0 aliphatic rings. The number of carbonyl (C=O) groups is 2. The molecule has 0 spiro atoms. The minimum atomic E-state index is -0.308. The number of phenolic OH excluding ortho intramolecular Hbond substituents is 1. The van der Waals surface area contributed by atoms with E-state index in [-0.39, 0.29) is 24.1 Å². The van der Waals surface area contributed by atoms with Crippen LogP contribution in [0.3, 0.4) is 0 Å². The standard InChI is InChI=1S/C21H26N6O3S/c1-6-26(5)17(29)11-27-10-13(3)19(25-27)24-21-22-9-16(31-21)20(30)23-18-12(2)7-8-15(28)14(18)4/h7-10,28H,6,11H2,1-5H3,(H,23,30)(H,22,24,25). The number of nitrogens with zero attached hydrogens (tertiary/aromatic N) is 4. The van der Waals surface area contributed by atoms with Gasteiger partial charge >= 0.3 is 0 Å². The fraction of sp³-hybridized carbons (Fsp3) is 0.333. The van der Waals surface area contributed by atoms with Gasteiger partial charge in [-0.3, -0.25) is 14.3 Å². The maximum Gasteiger partial charge on any atom is 0.267 e. The summed E-state index contributed by atoms with van der Waals surface area (Å²) in [6.07, 6.45) is 3.28. The van der Waals surface area contributed by atoms with Crippen molar-refractivity contribution in [2.24, 2.45) is 0 Å². The van der Waals surface area contributed by atoms with Crippen molar-refractivity contribution in [2.45, 2.75) is 34.2 Å². The van der Waals surface area contributed by atoms with E-state index in [1.54, 1.807) is 41.9 Å². The van der Waals surface area contributed by atoms with Gasteiger partial charge in [-0.05, 0) is 39.3 Å². The maximum absolute atomic E-state index is 12.7. The van der Waals surface area contributed by atoms with Crippen molar-refractivity contribution < 1.29 is 14.7 Å². The van der Waals surface area contributed by atoms with Crippen LogP contribution in [0, 0.1) is 20.8 Å². The zero-order valence-electron chi connectivity index (χ0n) is 18.2. The number of nitrogens with one attached hydrogen (secondary N) is 2. The van der Waals surface area contributed by atoms with Crippen LogP contribution in [0.2, 0.25) is 0 Å². The van der Waals surface area contributed by atoms with Gasteiger partial charge in [-0.25, -0.2) is 4.98 Å². The first-order valence-electron chi connectivity index (χ1n) is 9.81. The molecule has 0 saturated carbocycles. The van der Waals surface area contributed by atoms with Crippen molar-refractivity contribution in [3.63, 3.8) is 0 Å². The van der Waals surface area contributed by atoms with Gasteiger partial charge in [0.2, 0.25) is 5.91 Å². The van der Waals surface area contributed by atoms with Crippen molar-refractivity contribution in [1.29, 1.82) is 0 Å². The Morgan fingerprint density at radius 3 is 2.68 bits per heavy atom. The molecule has 10 heteroatoms. The highest BCUT2D eigenvalue weighted by molar-refractivity contribution is 7.17. The van der Waals surface area contributed by atoms with E-state index in [1.165, 1.54) is 17.5 Å². The number of amides is 2. The summed E-state index contributed by atoms with van der Waals surface area (Å²) in [5.41, 5.74) is 2.92. The van der Waals surface area contributed by atoms with Gasteiger partial charge in [0.1, 0.15) is 17.2 Å². The predicted octanol–water partition coefficient (Wildman–Crippen LogP) is 3.44. The number of phenols is 1. The first-order valence-corrected chi connectivity index (χ1v) is 10.6. The Morgan fingerprint density at radius 1 is 1.23 bits per heavy atom. The number of rotatable bonds is 7. The molecule has 0 saturated heterocycles. The topological polar surface area (TPSA) is 112 Å². The van der Waals surface area contributed by atoms with Crippen molar-refractivity contribution in [2.75, 3.05) is 24.2 Å². The Labute approximate surface area is 184 Å². The van der Waals surface area contributed by atoms with Crippen LogP contribution in [0.15, 0.2) is 24.5 Å². The van der Waals surface area contributed by atoms with E-state index < -0.39 is 0 Å². The van der Waals surface area contributed by atoms with Crippen molar-refractivity contribution in [3.05, 3.63) is 46.1 Å². The number of aryl methyl sites for hydroxylation is 2. The van der Waals surface area contributed by atoms with Gasteiger partial charge < -0.3 is 20.6 Å². The number of aromatic hydroxyl groups is 1. The second kappa shape index (κ2) is 9.17. The predicted molar refractivity (Wildman–Crippen MR) is 121 cm³/mol. The number of thiazole rings is 1. The Bertz CT molecular complexity index is 1120. The molecular weight excluding hydrogens is 416 g/mol. The summed E-state index contributed by atoms with van der Waals surface area (Å²) in [5, 5.41) is 20.8. The van der Waals surface area contributed by atoms with E-state index in [4.69, 9.17) is 0 Å². The molecule has 3 rings (SSSR count). The number of benzene rings is 1. The normalized spacial score (nSPS) is 10.7. The molecule has 0 aliphatic carbocycles. The number of hydrogen-bond donors (Lipinski definition) is 3. The first kappa shape index (κ1) is 22.3. The molecule has 3 aromatic rings. The van der Waals surface area contributed by atoms with E-state index in [2.05, 4.69) is 20.7 Å². The second-order valence-corrected chi connectivity index (χ2v) is 8.31. The number of anilines is 3. The molecule has 3 N–H and O–H groups in total. The lowest BCUT2D eigenvalue weighted by Gasteiger charge is -2.13. The quantitative estimate of drug-likeness (QED) is 0.517. The van der Waals surface area contributed by atoms with Gasteiger partial charge in [-0.1, -0.05) is 17.4 Å². The fourth-order valence-corrected chi connectivity index (χ4v) is 3.61. The monoisotopic (exact) mass is 442 g/mol. The van der Waals surface area contributed by atoms with E-state index in [1.807, 2.05) is 20.8 Å². The molecule has 0 aliphatic heterocycles. The van der Waals surface area contributed by atoms with Crippen LogP contribution in [-0.2, 0) is 11.3 Å². The van der Waals surface area contributed by atoms with Crippen molar-refractivity contribution >= 4 is 39.8 Å². The summed E-state index contributed by atoms with van der Waals surface area (Å²) < 4.78 is 1.58. The third kappa shape index (κ3) is 5.02. The lowest BCUT2D eigenvalue weighted by atomic mass is 10.1. The molecule has 2 heterocycles. The van der Waals surface area contributed by atoms with E-state index >= 15 is 0 Å². The molecular formula is C21H26N6O3S. The molecule has 2 aromatic heterocycles. The van der Waals surface area contributed by atoms with E-state index in [9.17, 15) is 14.7 Å². The highest BCUT2D eigenvalue weighted by Gasteiger charge is 2.16. The number of carbonyl (C=O) groups excluding carboxylic acids is 2. The van der Waals surface area contributed by atoms with Gasteiger partial charge in [-0.15, -0.1) is 0 Å². The molecule has 0 fully saturated rings. The molecule has 2 amide bonds. The number of hydrogen-bond acceptors (Lipinski definition) is 7. The number of aromatic nitrogens is 3. The Morgan fingerprint density at radius 2 is 1.97 bits per heavy atom. The lowest BCUT2D eigenvalue weighted by Crippen LogP contribution is -2.30. The van der Waals surface area contributed by atoms with Crippen LogP contribution >= 0.6 is 11.3 Å².